The summed E-state index contributed by atoms with van der Waals surface area (Å²) in [4.78, 5) is 0. The van der Waals surface area contributed by atoms with E-state index in [1.807, 2.05) is 6.07 Å². The second-order valence-corrected chi connectivity index (χ2v) is 5.93. The Balaban J connectivity index is 1.98. The molecule has 1 aliphatic rings. The molecule has 0 fully saturated rings. The predicted octanol–water partition coefficient (Wildman–Crippen LogP) is 4.27. The normalized spacial score (nSPS) is 17.1. The average molecular weight is 299 g/mol. The van der Waals surface area contributed by atoms with Crippen molar-refractivity contribution in [3.63, 3.8) is 0 Å². The number of nitrogens with two attached hydrogens (primary N) is 1. The number of hydrogen-bond acceptors (Lipinski definition) is 2. The summed E-state index contributed by atoms with van der Waals surface area (Å²) in [5.74, 6) is 0.496. The highest BCUT2D eigenvalue weighted by Gasteiger charge is 2.20. The largest absolute Gasteiger partial charge is 0.494 e. The Morgan fingerprint density at radius 3 is 2.68 bits per heavy atom. The maximum atomic E-state index is 13.9. The van der Waals surface area contributed by atoms with Gasteiger partial charge in [-0.05, 0) is 72.5 Å². The van der Waals surface area contributed by atoms with Gasteiger partial charge in [0.2, 0.25) is 0 Å². The maximum Gasteiger partial charge on any atom is 0.165 e. The molecule has 0 heterocycles. The van der Waals surface area contributed by atoms with E-state index in [0.29, 0.717) is 12.5 Å². The summed E-state index contributed by atoms with van der Waals surface area (Å²) in [7, 11) is 1.48. The van der Waals surface area contributed by atoms with E-state index in [4.69, 9.17) is 10.5 Å². The van der Waals surface area contributed by atoms with Gasteiger partial charge in [0.15, 0.2) is 11.6 Å². The van der Waals surface area contributed by atoms with Crippen molar-refractivity contribution in [1.29, 1.82) is 0 Å². The van der Waals surface area contributed by atoms with E-state index in [9.17, 15) is 4.39 Å². The molecule has 1 unspecified atom stereocenters. The van der Waals surface area contributed by atoms with Crippen LogP contribution < -0.4 is 10.5 Å². The summed E-state index contributed by atoms with van der Waals surface area (Å²) < 4.78 is 18.9. The summed E-state index contributed by atoms with van der Waals surface area (Å²) >= 11 is 0. The van der Waals surface area contributed by atoms with Gasteiger partial charge >= 0.3 is 0 Å². The highest BCUT2D eigenvalue weighted by atomic mass is 19.1. The van der Waals surface area contributed by atoms with Gasteiger partial charge in [-0.15, -0.1) is 0 Å². The molecule has 0 bridgehead atoms. The monoisotopic (exact) mass is 299 g/mol. The van der Waals surface area contributed by atoms with E-state index in [1.165, 1.54) is 31.1 Å². The molecule has 1 atom stereocenters. The van der Waals surface area contributed by atoms with Crippen LogP contribution in [-0.4, -0.2) is 13.7 Å². The lowest BCUT2D eigenvalue weighted by atomic mass is 9.80. The van der Waals surface area contributed by atoms with Crippen LogP contribution in [0.25, 0.3) is 11.1 Å². The summed E-state index contributed by atoms with van der Waals surface area (Å²) in [6.07, 6.45) is 4.58. The lowest BCUT2D eigenvalue weighted by Crippen LogP contribution is -2.14. The molecule has 0 radical (unpaired) electrons. The minimum atomic E-state index is -0.323. The van der Waals surface area contributed by atoms with Crippen LogP contribution in [0.4, 0.5) is 4.39 Å². The zero-order valence-electron chi connectivity index (χ0n) is 12.9. The summed E-state index contributed by atoms with van der Waals surface area (Å²) in [6, 6.07) is 11.6. The van der Waals surface area contributed by atoms with Gasteiger partial charge in [-0.2, -0.15) is 0 Å². The first-order chi connectivity index (χ1) is 10.7. The van der Waals surface area contributed by atoms with Crippen molar-refractivity contribution in [2.75, 3.05) is 13.7 Å². The number of hydrogen-bond donors (Lipinski definition) is 1. The molecule has 2 nitrogen and oxygen atoms in total. The van der Waals surface area contributed by atoms with Crippen molar-refractivity contribution in [1.82, 2.24) is 0 Å². The minimum Gasteiger partial charge on any atom is -0.494 e. The van der Waals surface area contributed by atoms with Gasteiger partial charge in [-0.3, -0.25) is 0 Å². The molecular weight excluding hydrogens is 277 g/mol. The maximum absolute atomic E-state index is 13.9. The molecule has 116 valence electrons. The third kappa shape index (κ3) is 2.86. The summed E-state index contributed by atoms with van der Waals surface area (Å²) in [5.41, 5.74) is 10.5. The van der Waals surface area contributed by atoms with Crippen molar-refractivity contribution in [3.05, 3.63) is 53.3 Å². The molecule has 0 amide bonds. The molecule has 2 N–H and O–H groups in total. The van der Waals surface area contributed by atoms with Crippen molar-refractivity contribution in [2.24, 2.45) is 5.73 Å². The fraction of sp³-hybridized carbons (Fsp3) is 0.368. The van der Waals surface area contributed by atoms with Gasteiger partial charge in [0.05, 0.1) is 7.11 Å². The second-order valence-electron chi connectivity index (χ2n) is 5.93. The molecule has 22 heavy (non-hydrogen) atoms. The third-order valence-corrected chi connectivity index (χ3v) is 4.58. The minimum absolute atomic E-state index is 0.280. The van der Waals surface area contributed by atoms with Crippen LogP contribution in [0.1, 0.15) is 36.3 Å². The lowest BCUT2D eigenvalue weighted by Gasteiger charge is -2.26. The number of halogens is 1. The molecule has 3 rings (SSSR count). The highest BCUT2D eigenvalue weighted by Crippen LogP contribution is 2.36. The standard InChI is InChI=1S/C19H22FNO/c1-22-19-8-7-16(12-18(19)20)15-6-5-13-3-2-4-14(9-10-21)17(13)11-15/h5-8,11-12,14H,2-4,9-10,21H2,1H3. The fourth-order valence-corrected chi connectivity index (χ4v) is 3.42. The van der Waals surface area contributed by atoms with Crippen molar-refractivity contribution >= 4 is 0 Å². The highest BCUT2D eigenvalue weighted by molar-refractivity contribution is 5.66. The molecule has 2 aromatic carbocycles. The predicted molar refractivity (Wildman–Crippen MR) is 87.7 cm³/mol. The van der Waals surface area contributed by atoms with Crippen molar-refractivity contribution < 1.29 is 9.13 Å². The van der Waals surface area contributed by atoms with E-state index in [-0.39, 0.29) is 11.6 Å². The number of benzene rings is 2. The van der Waals surface area contributed by atoms with Crippen molar-refractivity contribution in [2.45, 2.75) is 31.6 Å². The Hall–Kier alpha value is -1.87. The van der Waals surface area contributed by atoms with Gasteiger partial charge in [0.25, 0.3) is 0 Å². The van der Waals surface area contributed by atoms with Crippen LogP contribution in [0.5, 0.6) is 5.75 Å². The smallest absolute Gasteiger partial charge is 0.165 e. The topological polar surface area (TPSA) is 35.2 Å². The van der Waals surface area contributed by atoms with Crippen LogP contribution in [0.15, 0.2) is 36.4 Å². The molecule has 2 aromatic rings. The third-order valence-electron chi connectivity index (χ3n) is 4.58. The fourth-order valence-electron chi connectivity index (χ4n) is 3.42. The van der Waals surface area contributed by atoms with E-state index in [2.05, 4.69) is 18.2 Å². The second kappa shape index (κ2) is 6.49. The Labute approximate surface area is 131 Å². The first-order valence-corrected chi connectivity index (χ1v) is 7.89. The Morgan fingerprint density at radius 2 is 1.95 bits per heavy atom. The van der Waals surface area contributed by atoms with Crippen LogP contribution >= 0.6 is 0 Å². The van der Waals surface area contributed by atoms with E-state index >= 15 is 0 Å². The number of rotatable bonds is 4. The molecule has 0 saturated carbocycles. The Morgan fingerprint density at radius 1 is 1.18 bits per heavy atom. The van der Waals surface area contributed by atoms with Crippen LogP contribution in [-0.2, 0) is 6.42 Å². The number of ether oxygens (including phenoxy) is 1. The van der Waals surface area contributed by atoms with E-state index in [0.717, 1.165) is 24.0 Å². The lowest BCUT2D eigenvalue weighted by molar-refractivity contribution is 0.386. The zero-order chi connectivity index (χ0) is 15.5. The number of aryl methyl sites for hydroxylation is 1. The number of fused-ring (bicyclic) bond motifs is 1. The van der Waals surface area contributed by atoms with Gasteiger partial charge < -0.3 is 10.5 Å². The van der Waals surface area contributed by atoms with Gasteiger partial charge in [0, 0.05) is 0 Å². The molecule has 1 aliphatic carbocycles. The average Bonchev–Trinajstić information content (AvgIpc) is 2.55. The quantitative estimate of drug-likeness (QED) is 0.915. The van der Waals surface area contributed by atoms with Crippen molar-refractivity contribution in [3.8, 4) is 16.9 Å². The van der Waals surface area contributed by atoms with E-state index < -0.39 is 0 Å². The molecule has 0 spiro atoms. The van der Waals surface area contributed by atoms with Gasteiger partial charge in [-0.1, -0.05) is 24.3 Å². The Bertz CT molecular complexity index is 668. The number of methoxy groups -OCH3 is 1. The molecule has 0 aliphatic heterocycles. The van der Waals surface area contributed by atoms with E-state index in [1.54, 1.807) is 12.1 Å². The van der Waals surface area contributed by atoms with Crippen LogP contribution in [0.3, 0.4) is 0 Å². The van der Waals surface area contributed by atoms with Crippen LogP contribution in [0, 0.1) is 5.82 Å². The molecule has 0 saturated heterocycles. The van der Waals surface area contributed by atoms with Gasteiger partial charge in [-0.25, -0.2) is 4.39 Å². The first-order valence-electron chi connectivity index (χ1n) is 7.89. The zero-order valence-corrected chi connectivity index (χ0v) is 12.9. The molecule has 3 heteroatoms. The van der Waals surface area contributed by atoms with Gasteiger partial charge in [0.1, 0.15) is 0 Å². The SMILES string of the molecule is COc1ccc(-c2ccc3c(c2)C(CCN)CCC3)cc1F. The Kier molecular flexibility index (Phi) is 4.44. The molecular formula is C19H22FNO. The summed E-state index contributed by atoms with van der Waals surface area (Å²) in [5, 5.41) is 0. The van der Waals surface area contributed by atoms with Crippen LogP contribution in [0.2, 0.25) is 0 Å². The first kappa shape index (κ1) is 15.0. The summed E-state index contributed by atoms with van der Waals surface area (Å²) in [6.45, 7) is 0.714. The molecule has 0 aromatic heterocycles.